The maximum Gasteiger partial charge on any atom is 0.170 e. The molecular weight excluding hydrogens is 388 g/mol. The van der Waals surface area contributed by atoms with E-state index in [0.717, 1.165) is 30.2 Å². The SMILES string of the molecule is CCCN1C(=S)NC(c2ccccn2)C1c1cc(C)n(-c2ccc(CC)cc2)c1C. The summed E-state index contributed by atoms with van der Waals surface area (Å²) < 4.78 is 2.36. The van der Waals surface area contributed by atoms with Crippen molar-refractivity contribution in [2.45, 2.75) is 52.6 Å². The highest BCUT2D eigenvalue weighted by atomic mass is 32.1. The Labute approximate surface area is 184 Å². The average molecular weight is 419 g/mol. The summed E-state index contributed by atoms with van der Waals surface area (Å²) in [6, 6.07) is 17.5. The lowest BCUT2D eigenvalue weighted by molar-refractivity contribution is 0.316. The third-order valence-corrected chi connectivity index (χ3v) is 6.41. The molecule has 0 amide bonds. The zero-order valence-corrected chi connectivity index (χ0v) is 19.0. The summed E-state index contributed by atoms with van der Waals surface area (Å²) in [6.45, 7) is 9.72. The highest BCUT2D eigenvalue weighted by Gasteiger charge is 2.40. The molecule has 5 heteroatoms. The molecule has 3 heterocycles. The van der Waals surface area contributed by atoms with Gasteiger partial charge in [-0.25, -0.2) is 0 Å². The fraction of sp³-hybridized carbons (Fsp3) is 0.360. The van der Waals surface area contributed by atoms with E-state index >= 15 is 0 Å². The molecule has 4 nitrogen and oxygen atoms in total. The molecule has 0 saturated carbocycles. The number of hydrogen-bond acceptors (Lipinski definition) is 2. The van der Waals surface area contributed by atoms with Crippen LogP contribution in [0.25, 0.3) is 5.69 Å². The summed E-state index contributed by atoms with van der Waals surface area (Å²) >= 11 is 5.74. The van der Waals surface area contributed by atoms with Crippen molar-refractivity contribution in [3.8, 4) is 5.69 Å². The number of hydrogen-bond donors (Lipinski definition) is 1. The van der Waals surface area contributed by atoms with Gasteiger partial charge >= 0.3 is 0 Å². The molecule has 4 rings (SSSR count). The molecule has 30 heavy (non-hydrogen) atoms. The first kappa shape index (κ1) is 20.6. The Bertz CT molecular complexity index is 1020. The molecule has 0 spiro atoms. The normalized spacial score (nSPS) is 18.7. The van der Waals surface area contributed by atoms with Crippen LogP contribution in [0.5, 0.6) is 0 Å². The van der Waals surface area contributed by atoms with Crippen molar-refractivity contribution in [3.05, 3.63) is 82.9 Å². The lowest BCUT2D eigenvalue weighted by Crippen LogP contribution is -2.30. The van der Waals surface area contributed by atoms with Crippen molar-refractivity contribution in [1.82, 2.24) is 19.8 Å². The van der Waals surface area contributed by atoms with Crippen LogP contribution < -0.4 is 5.32 Å². The predicted octanol–water partition coefficient (Wildman–Crippen LogP) is 5.43. The molecule has 1 N–H and O–H groups in total. The van der Waals surface area contributed by atoms with E-state index in [4.69, 9.17) is 12.2 Å². The Hall–Kier alpha value is -2.66. The molecule has 0 radical (unpaired) electrons. The molecule has 156 valence electrons. The number of nitrogens with one attached hydrogen (secondary N) is 1. The molecule has 1 aliphatic heterocycles. The maximum absolute atomic E-state index is 5.74. The minimum atomic E-state index is 0.0432. The summed E-state index contributed by atoms with van der Waals surface area (Å²) in [7, 11) is 0. The molecule has 1 fully saturated rings. The average Bonchev–Trinajstić information content (AvgIpc) is 3.24. The lowest BCUT2D eigenvalue weighted by Gasteiger charge is -2.27. The van der Waals surface area contributed by atoms with E-state index in [1.165, 1.54) is 28.2 Å². The van der Waals surface area contributed by atoms with Crippen LogP contribution in [0.2, 0.25) is 0 Å². The van der Waals surface area contributed by atoms with Crippen molar-refractivity contribution in [2.75, 3.05) is 6.54 Å². The number of benzene rings is 1. The van der Waals surface area contributed by atoms with Gasteiger partial charge < -0.3 is 14.8 Å². The second kappa shape index (κ2) is 8.60. The molecule has 1 aliphatic rings. The molecule has 2 unspecified atom stereocenters. The largest absolute Gasteiger partial charge is 0.352 e. The number of pyridine rings is 1. The highest BCUT2D eigenvalue weighted by Crippen LogP contribution is 2.41. The van der Waals surface area contributed by atoms with Crippen LogP contribution in [-0.2, 0) is 6.42 Å². The molecule has 2 aromatic heterocycles. The van der Waals surface area contributed by atoms with Gasteiger partial charge in [-0.1, -0.05) is 32.0 Å². The molecule has 2 atom stereocenters. The van der Waals surface area contributed by atoms with Crippen molar-refractivity contribution in [2.24, 2.45) is 0 Å². The molecule has 1 saturated heterocycles. The molecule has 1 aromatic carbocycles. The summed E-state index contributed by atoms with van der Waals surface area (Å²) in [6.07, 6.45) is 3.96. The number of rotatable bonds is 6. The smallest absolute Gasteiger partial charge is 0.170 e. The Morgan fingerprint density at radius 2 is 1.83 bits per heavy atom. The van der Waals surface area contributed by atoms with Crippen molar-refractivity contribution in [3.63, 3.8) is 0 Å². The van der Waals surface area contributed by atoms with Crippen molar-refractivity contribution >= 4 is 17.3 Å². The predicted molar refractivity (Wildman–Crippen MR) is 127 cm³/mol. The molecule has 0 aliphatic carbocycles. The van der Waals surface area contributed by atoms with E-state index in [1.807, 2.05) is 18.3 Å². The standard InChI is InChI=1S/C25H30N4S/c1-5-15-28-24(23(27-25(28)30)22-9-7-8-14-26-22)21-16-17(3)29(18(21)4)20-12-10-19(6-2)11-13-20/h7-14,16,23-24H,5-6,15H2,1-4H3,(H,27,30). The first-order valence-electron chi connectivity index (χ1n) is 10.8. The van der Waals surface area contributed by atoms with Gasteiger partial charge in [0.25, 0.3) is 0 Å². The fourth-order valence-corrected chi connectivity index (χ4v) is 4.92. The van der Waals surface area contributed by atoms with E-state index in [1.54, 1.807) is 0 Å². The topological polar surface area (TPSA) is 33.1 Å². The number of aromatic nitrogens is 2. The first-order chi connectivity index (χ1) is 14.5. The van der Waals surface area contributed by atoms with Crippen LogP contribution >= 0.6 is 12.2 Å². The van der Waals surface area contributed by atoms with Crippen LogP contribution in [0.3, 0.4) is 0 Å². The zero-order valence-electron chi connectivity index (χ0n) is 18.2. The second-order valence-corrected chi connectivity index (χ2v) is 8.39. The third-order valence-electron chi connectivity index (χ3n) is 6.05. The number of thiocarbonyl (C=S) groups is 1. The third kappa shape index (κ3) is 3.63. The summed E-state index contributed by atoms with van der Waals surface area (Å²) in [5, 5.41) is 4.36. The monoisotopic (exact) mass is 418 g/mol. The Morgan fingerprint density at radius 1 is 1.07 bits per heavy atom. The van der Waals surface area contributed by atoms with E-state index < -0.39 is 0 Å². The summed E-state index contributed by atoms with van der Waals surface area (Å²) in [5.74, 6) is 0. The van der Waals surface area contributed by atoms with Crippen LogP contribution in [0.4, 0.5) is 0 Å². The molecular formula is C25H30N4S. The number of nitrogens with zero attached hydrogens (tertiary/aromatic N) is 3. The quantitative estimate of drug-likeness (QED) is 0.541. The van der Waals surface area contributed by atoms with Gasteiger partial charge in [-0.05, 0) is 80.4 Å². The Morgan fingerprint density at radius 3 is 2.47 bits per heavy atom. The summed E-state index contributed by atoms with van der Waals surface area (Å²) in [5.41, 5.74) is 7.40. The Kier molecular flexibility index (Phi) is 5.91. The fourth-order valence-electron chi connectivity index (χ4n) is 4.59. The van der Waals surface area contributed by atoms with E-state index in [0.29, 0.717) is 0 Å². The van der Waals surface area contributed by atoms with Gasteiger partial charge in [0.1, 0.15) is 0 Å². The van der Waals surface area contributed by atoms with E-state index in [-0.39, 0.29) is 12.1 Å². The summed E-state index contributed by atoms with van der Waals surface area (Å²) in [4.78, 5) is 6.98. The minimum absolute atomic E-state index is 0.0432. The first-order valence-corrected chi connectivity index (χ1v) is 11.2. The van der Waals surface area contributed by atoms with Crippen molar-refractivity contribution in [1.29, 1.82) is 0 Å². The lowest BCUT2D eigenvalue weighted by atomic mass is 9.96. The van der Waals surface area contributed by atoms with E-state index in [2.05, 4.69) is 83.9 Å². The van der Waals surface area contributed by atoms with Gasteiger partial charge in [-0.2, -0.15) is 0 Å². The second-order valence-electron chi connectivity index (χ2n) is 8.00. The van der Waals surface area contributed by atoms with Gasteiger partial charge in [0.2, 0.25) is 0 Å². The molecule has 3 aromatic rings. The maximum atomic E-state index is 5.74. The molecule has 0 bridgehead atoms. The van der Waals surface area contributed by atoms with Crippen LogP contribution in [-0.4, -0.2) is 26.1 Å². The van der Waals surface area contributed by atoms with Gasteiger partial charge in [-0.15, -0.1) is 0 Å². The van der Waals surface area contributed by atoms with Crippen LogP contribution in [0.1, 0.15) is 60.6 Å². The van der Waals surface area contributed by atoms with Gasteiger partial charge in [0.15, 0.2) is 5.11 Å². The van der Waals surface area contributed by atoms with Crippen molar-refractivity contribution < 1.29 is 0 Å². The van der Waals surface area contributed by atoms with Gasteiger partial charge in [-0.3, -0.25) is 4.98 Å². The Balaban J connectivity index is 1.80. The van der Waals surface area contributed by atoms with Crippen LogP contribution in [0, 0.1) is 13.8 Å². The van der Waals surface area contributed by atoms with Gasteiger partial charge in [0, 0.05) is 29.8 Å². The highest BCUT2D eigenvalue weighted by molar-refractivity contribution is 7.80. The van der Waals surface area contributed by atoms with E-state index in [9.17, 15) is 0 Å². The van der Waals surface area contributed by atoms with Gasteiger partial charge in [0.05, 0.1) is 17.8 Å². The zero-order chi connectivity index (χ0) is 21.3. The minimum Gasteiger partial charge on any atom is -0.352 e. The number of aryl methyl sites for hydroxylation is 2. The van der Waals surface area contributed by atoms with Crippen LogP contribution in [0.15, 0.2) is 54.7 Å².